The standard InChI is InChI=1S/C18H26N2O4/c1-11(2)16(18(24)19-10-12(3)9-15(21)22)20-17(23)14-8-6-5-7-13(14)4/h5-8,11-12,16H,9-10H2,1-4H3,(H,19,24)(H,20,23)(H,21,22). The third kappa shape index (κ3) is 6.02. The van der Waals surface area contributed by atoms with E-state index in [0.29, 0.717) is 5.56 Å². The van der Waals surface area contributed by atoms with Gasteiger partial charge >= 0.3 is 5.97 Å². The molecule has 2 amide bonds. The minimum atomic E-state index is -0.898. The number of carboxylic acid groups (broad SMARTS) is 1. The number of hydrogen-bond donors (Lipinski definition) is 3. The van der Waals surface area contributed by atoms with Crippen molar-refractivity contribution in [3.05, 3.63) is 35.4 Å². The fourth-order valence-corrected chi connectivity index (χ4v) is 2.34. The second-order valence-corrected chi connectivity index (χ2v) is 6.46. The van der Waals surface area contributed by atoms with E-state index in [1.165, 1.54) is 0 Å². The van der Waals surface area contributed by atoms with Crippen LogP contribution >= 0.6 is 0 Å². The molecule has 0 aliphatic carbocycles. The van der Waals surface area contributed by atoms with Gasteiger partial charge in [0.05, 0.1) is 0 Å². The summed E-state index contributed by atoms with van der Waals surface area (Å²) in [6, 6.07) is 6.51. The Morgan fingerprint density at radius 3 is 2.29 bits per heavy atom. The van der Waals surface area contributed by atoms with E-state index >= 15 is 0 Å². The van der Waals surface area contributed by atoms with Gasteiger partial charge in [0.1, 0.15) is 6.04 Å². The number of benzene rings is 1. The molecule has 24 heavy (non-hydrogen) atoms. The van der Waals surface area contributed by atoms with Crippen LogP contribution in [0.15, 0.2) is 24.3 Å². The molecule has 3 N–H and O–H groups in total. The summed E-state index contributed by atoms with van der Waals surface area (Å²) in [5.41, 5.74) is 1.38. The molecular formula is C18H26N2O4. The van der Waals surface area contributed by atoms with Gasteiger partial charge in [-0.1, -0.05) is 39.0 Å². The molecule has 0 heterocycles. The van der Waals surface area contributed by atoms with Crippen molar-refractivity contribution in [1.82, 2.24) is 10.6 Å². The fourth-order valence-electron chi connectivity index (χ4n) is 2.34. The zero-order valence-corrected chi connectivity index (χ0v) is 14.6. The second-order valence-electron chi connectivity index (χ2n) is 6.46. The molecule has 0 bridgehead atoms. The monoisotopic (exact) mass is 334 g/mol. The molecule has 132 valence electrons. The maximum Gasteiger partial charge on any atom is 0.303 e. The highest BCUT2D eigenvalue weighted by Gasteiger charge is 2.25. The number of carboxylic acids is 1. The zero-order valence-electron chi connectivity index (χ0n) is 14.6. The van der Waals surface area contributed by atoms with Crippen LogP contribution in [0.1, 0.15) is 43.1 Å². The Morgan fingerprint density at radius 2 is 1.75 bits per heavy atom. The molecule has 0 aromatic heterocycles. The third-order valence-electron chi connectivity index (χ3n) is 3.77. The van der Waals surface area contributed by atoms with E-state index < -0.39 is 12.0 Å². The number of rotatable bonds is 8. The maximum absolute atomic E-state index is 12.4. The molecule has 0 aliphatic rings. The molecule has 6 heteroatoms. The van der Waals surface area contributed by atoms with E-state index in [-0.39, 0.29) is 36.6 Å². The fraction of sp³-hybridized carbons (Fsp3) is 0.500. The number of aryl methyl sites for hydroxylation is 1. The van der Waals surface area contributed by atoms with Crippen molar-refractivity contribution in [2.24, 2.45) is 11.8 Å². The molecule has 0 radical (unpaired) electrons. The first-order valence-corrected chi connectivity index (χ1v) is 8.08. The van der Waals surface area contributed by atoms with Crippen LogP contribution in [0.2, 0.25) is 0 Å². The molecule has 1 aromatic carbocycles. The van der Waals surface area contributed by atoms with Crippen LogP contribution in [-0.4, -0.2) is 35.5 Å². The first kappa shape index (κ1) is 19.7. The molecule has 0 saturated carbocycles. The first-order chi connectivity index (χ1) is 11.2. The molecule has 1 aromatic rings. The number of carbonyl (C=O) groups excluding carboxylic acids is 2. The lowest BCUT2D eigenvalue weighted by molar-refractivity contribution is -0.138. The van der Waals surface area contributed by atoms with Crippen molar-refractivity contribution >= 4 is 17.8 Å². The molecule has 0 fully saturated rings. The Morgan fingerprint density at radius 1 is 1.12 bits per heavy atom. The van der Waals surface area contributed by atoms with E-state index in [1.54, 1.807) is 19.1 Å². The van der Waals surface area contributed by atoms with Gasteiger partial charge in [-0.3, -0.25) is 14.4 Å². The number of hydrogen-bond acceptors (Lipinski definition) is 3. The Bertz CT molecular complexity index is 598. The van der Waals surface area contributed by atoms with E-state index in [2.05, 4.69) is 10.6 Å². The van der Waals surface area contributed by atoms with Crippen molar-refractivity contribution in [3.8, 4) is 0 Å². The summed E-state index contributed by atoms with van der Waals surface area (Å²) in [7, 11) is 0. The van der Waals surface area contributed by atoms with Crippen LogP contribution in [0.4, 0.5) is 0 Å². The van der Waals surface area contributed by atoms with Gasteiger partial charge in [-0.2, -0.15) is 0 Å². The van der Waals surface area contributed by atoms with Gasteiger partial charge in [-0.15, -0.1) is 0 Å². The number of nitrogens with one attached hydrogen (secondary N) is 2. The minimum Gasteiger partial charge on any atom is -0.481 e. The summed E-state index contributed by atoms with van der Waals surface area (Å²) in [5.74, 6) is -1.76. The quantitative estimate of drug-likeness (QED) is 0.677. The van der Waals surface area contributed by atoms with E-state index in [1.807, 2.05) is 32.9 Å². The van der Waals surface area contributed by atoms with E-state index in [4.69, 9.17) is 5.11 Å². The second kappa shape index (κ2) is 9.05. The summed E-state index contributed by atoms with van der Waals surface area (Å²) in [4.78, 5) is 35.4. The Balaban J connectivity index is 2.69. The Labute approximate surface area is 142 Å². The van der Waals surface area contributed by atoms with Gasteiger partial charge in [0.2, 0.25) is 5.91 Å². The summed E-state index contributed by atoms with van der Waals surface area (Å²) in [5, 5.41) is 14.2. The molecule has 0 spiro atoms. The van der Waals surface area contributed by atoms with Crippen molar-refractivity contribution < 1.29 is 19.5 Å². The predicted molar refractivity (Wildman–Crippen MR) is 91.7 cm³/mol. The Hall–Kier alpha value is -2.37. The molecule has 2 atom stereocenters. The molecule has 0 aliphatic heterocycles. The molecule has 6 nitrogen and oxygen atoms in total. The normalized spacial score (nSPS) is 13.2. The summed E-state index contributed by atoms with van der Waals surface area (Å²) in [6.45, 7) is 7.55. The molecule has 2 unspecified atom stereocenters. The largest absolute Gasteiger partial charge is 0.481 e. The van der Waals surface area contributed by atoms with E-state index in [9.17, 15) is 14.4 Å². The lowest BCUT2D eigenvalue weighted by atomic mass is 10.0. The van der Waals surface area contributed by atoms with Gasteiger partial charge < -0.3 is 15.7 Å². The van der Waals surface area contributed by atoms with Crippen LogP contribution < -0.4 is 10.6 Å². The van der Waals surface area contributed by atoms with Crippen LogP contribution in [0, 0.1) is 18.8 Å². The molecular weight excluding hydrogens is 308 g/mol. The zero-order chi connectivity index (χ0) is 18.3. The van der Waals surface area contributed by atoms with Crippen molar-refractivity contribution in [1.29, 1.82) is 0 Å². The maximum atomic E-state index is 12.4. The van der Waals surface area contributed by atoms with Crippen molar-refractivity contribution in [2.45, 2.75) is 40.2 Å². The number of amides is 2. The minimum absolute atomic E-state index is 0.0117. The number of carbonyl (C=O) groups is 3. The topological polar surface area (TPSA) is 95.5 Å². The lowest BCUT2D eigenvalue weighted by Gasteiger charge is -2.23. The highest BCUT2D eigenvalue weighted by molar-refractivity contribution is 5.98. The third-order valence-corrected chi connectivity index (χ3v) is 3.77. The van der Waals surface area contributed by atoms with Crippen LogP contribution in [0.5, 0.6) is 0 Å². The summed E-state index contributed by atoms with van der Waals surface area (Å²) >= 11 is 0. The average Bonchev–Trinajstić information content (AvgIpc) is 2.49. The van der Waals surface area contributed by atoms with Gasteiger partial charge in [0, 0.05) is 18.5 Å². The smallest absolute Gasteiger partial charge is 0.303 e. The summed E-state index contributed by atoms with van der Waals surface area (Å²) in [6.07, 6.45) is -0.0117. The van der Waals surface area contributed by atoms with Crippen LogP contribution in [0.25, 0.3) is 0 Å². The summed E-state index contributed by atoms with van der Waals surface area (Å²) < 4.78 is 0. The molecule has 0 saturated heterocycles. The van der Waals surface area contributed by atoms with Gasteiger partial charge in [0.25, 0.3) is 5.91 Å². The van der Waals surface area contributed by atoms with Crippen LogP contribution in [-0.2, 0) is 9.59 Å². The predicted octanol–water partition coefficient (Wildman–Crippen LogP) is 1.98. The highest BCUT2D eigenvalue weighted by atomic mass is 16.4. The van der Waals surface area contributed by atoms with Crippen molar-refractivity contribution in [3.63, 3.8) is 0 Å². The Kier molecular flexibility index (Phi) is 7.42. The average molecular weight is 334 g/mol. The first-order valence-electron chi connectivity index (χ1n) is 8.08. The SMILES string of the molecule is Cc1ccccc1C(=O)NC(C(=O)NCC(C)CC(=O)O)C(C)C. The van der Waals surface area contributed by atoms with Gasteiger partial charge in [-0.25, -0.2) is 0 Å². The molecule has 1 rings (SSSR count). The number of aliphatic carboxylic acids is 1. The van der Waals surface area contributed by atoms with Crippen molar-refractivity contribution in [2.75, 3.05) is 6.54 Å². The highest BCUT2D eigenvalue weighted by Crippen LogP contribution is 2.09. The van der Waals surface area contributed by atoms with Crippen LogP contribution in [0.3, 0.4) is 0 Å². The lowest BCUT2D eigenvalue weighted by Crippen LogP contribution is -2.50. The van der Waals surface area contributed by atoms with Gasteiger partial charge in [0.15, 0.2) is 0 Å². The van der Waals surface area contributed by atoms with Gasteiger partial charge in [-0.05, 0) is 30.4 Å². The van der Waals surface area contributed by atoms with E-state index in [0.717, 1.165) is 5.56 Å².